The van der Waals surface area contributed by atoms with Gasteiger partial charge in [0.1, 0.15) is 6.04 Å². The Morgan fingerprint density at radius 1 is 1.07 bits per heavy atom. The highest BCUT2D eigenvalue weighted by atomic mass is 16.3. The average Bonchev–Trinajstić information content (AvgIpc) is 2.58. The van der Waals surface area contributed by atoms with Gasteiger partial charge < -0.3 is 10.8 Å². The summed E-state index contributed by atoms with van der Waals surface area (Å²) in [6.45, 7) is 7.64. The summed E-state index contributed by atoms with van der Waals surface area (Å²) in [4.78, 5) is 24.6. The highest BCUT2D eigenvalue weighted by Crippen LogP contribution is 2.23. The van der Waals surface area contributed by atoms with Crippen LogP contribution in [0, 0.1) is 17.8 Å². The van der Waals surface area contributed by atoms with Crippen molar-refractivity contribution in [3.63, 3.8) is 0 Å². The zero-order valence-corrected chi connectivity index (χ0v) is 17.0. The molecule has 6 heteroatoms. The van der Waals surface area contributed by atoms with E-state index in [0.29, 0.717) is 19.3 Å². The largest absolute Gasteiger partial charge is 0.393 e. The number of benzene rings is 1. The van der Waals surface area contributed by atoms with E-state index in [0.717, 1.165) is 17.0 Å². The van der Waals surface area contributed by atoms with E-state index in [4.69, 9.17) is 11.6 Å². The van der Waals surface area contributed by atoms with Crippen molar-refractivity contribution in [3.8, 4) is 0 Å². The van der Waals surface area contributed by atoms with Crippen molar-refractivity contribution < 1.29 is 14.7 Å². The molecule has 0 bridgehead atoms. The Balaban J connectivity index is 2.78. The van der Waals surface area contributed by atoms with Gasteiger partial charge in [0, 0.05) is 5.92 Å². The van der Waals surface area contributed by atoms with E-state index in [1.54, 1.807) is 13.8 Å². The molecule has 0 heterocycles. The number of nitrogens with zero attached hydrogens (tertiary/aromatic N) is 1. The van der Waals surface area contributed by atoms with Gasteiger partial charge in [0.25, 0.3) is 0 Å². The third-order valence-corrected chi connectivity index (χ3v) is 4.75. The highest BCUT2D eigenvalue weighted by Gasteiger charge is 2.34. The second-order valence-corrected chi connectivity index (χ2v) is 8.08. The normalized spacial score (nSPS) is 14.8. The number of rotatable bonds is 11. The molecule has 0 spiro atoms. The maximum atomic E-state index is 12.9. The van der Waals surface area contributed by atoms with E-state index >= 15 is 0 Å². The van der Waals surface area contributed by atoms with Crippen LogP contribution in [0.1, 0.15) is 52.5 Å². The zero-order chi connectivity index (χ0) is 20.6. The fraction of sp³-hybridized carbons (Fsp3) is 0.619. The Bertz CT molecular complexity index is 590. The lowest BCUT2D eigenvalue weighted by atomic mass is 9.88. The summed E-state index contributed by atoms with van der Waals surface area (Å²) in [6.07, 6.45) is 1.61. The number of carbonyl (C=O) groups excluding carboxylic acids is 2. The molecule has 6 nitrogen and oxygen atoms in total. The summed E-state index contributed by atoms with van der Waals surface area (Å²) in [5, 5.41) is 11.5. The number of hydrogen-bond donors (Lipinski definition) is 3. The van der Waals surface area contributed by atoms with Crippen LogP contribution in [0.25, 0.3) is 0 Å². The van der Waals surface area contributed by atoms with E-state index in [1.807, 2.05) is 44.2 Å². The first kappa shape index (κ1) is 23.1. The van der Waals surface area contributed by atoms with E-state index < -0.39 is 24.0 Å². The van der Waals surface area contributed by atoms with E-state index in [9.17, 15) is 14.7 Å². The molecule has 27 heavy (non-hydrogen) atoms. The van der Waals surface area contributed by atoms with Gasteiger partial charge in [-0.1, -0.05) is 58.0 Å². The molecule has 3 atom stereocenters. The number of aliphatic hydroxyl groups is 1. The lowest BCUT2D eigenvalue weighted by Crippen LogP contribution is -2.56. The van der Waals surface area contributed by atoms with Crippen molar-refractivity contribution in [2.24, 2.45) is 29.3 Å². The summed E-state index contributed by atoms with van der Waals surface area (Å²) < 4.78 is 0. The molecule has 5 N–H and O–H groups in total. The van der Waals surface area contributed by atoms with Crippen LogP contribution in [0.15, 0.2) is 30.3 Å². The van der Waals surface area contributed by atoms with E-state index in [-0.39, 0.29) is 17.7 Å². The number of hydrazine groups is 1. The summed E-state index contributed by atoms with van der Waals surface area (Å²) in [5.74, 6) is 4.67. The zero-order valence-electron chi connectivity index (χ0n) is 17.0. The van der Waals surface area contributed by atoms with Crippen LogP contribution in [0.3, 0.4) is 0 Å². The number of aliphatic hydroxyl groups excluding tert-OH is 1. The van der Waals surface area contributed by atoms with Crippen molar-refractivity contribution >= 4 is 11.8 Å². The molecule has 0 aliphatic carbocycles. The van der Waals surface area contributed by atoms with Gasteiger partial charge in [0.05, 0.1) is 6.10 Å². The molecule has 0 fully saturated rings. The van der Waals surface area contributed by atoms with Crippen molar-refractivity contribution in [3.05, 3.63) is 35.9 Å². The Labute approximate surface area is 162 Å². The molecular weight excluding hydrogens is 342 g/mol. The third kappa shape index (κ3) is 7.69. The Kier molecular flexibility index (Phi) is 9.46. The minimum Gasteiger partial charge on any atom is -0.393 e. The SMILES string of the molecule is CC(C)CC(CC(O)CCc1ccccc1)C(=O)N(N)[C@H](C(N)=O)C(C)C. The summed E-state index contributed by atoms with van der Waals surface area (Å²) in [5.41, 5.74) is 6.58. The molecule has 1 rings (SSSR count). The van der Waals surface area contributed by atoms with Crippen LogP contribution < -0.4 is 11.6 Å². The number of hydrogen-bond acceptors (Lipinski definition) is 4. The van der Waals surface area contributed by atoms with Crippen LogP contribution in [0.4, 0.5) is 0 Å². The maximum absolute atomic E-state index is 12.9. The predicted molar refractivity (Wildman–Crippen MR) is 107 cm³/mol. The van der Waals surface area contributed by atoms with Gasteiger partial charge in [-0.2, -0.15) is 0 Å². The van der Waals surface area contributed by atoms with Gasteiger partial charge in [-0.25, -0.2) is 5.84 Å². The fourth-order valence-corrected chi connectivity index (χ4v) is 3.43. The lowest BCUT2D eigenvalue weighted by molar-refractivity contribution is -0.146. The number of carbonyl (C=O) groups is 2. The smallest absolute Gasteiger partial charge is 0.242 e. The van der Waals surface area contributed by atoms with Crippen LogP contribution >= 0.6 is 0 Å². The molecule has 2 amide bonds. The van der Waals surface area contributed by atoms with Crippen LogP contribution in [0.2, 0.25) is 0 Å². The molecule has 1 aromatic rings. The van der Waals surface area contributed by atoms with Crippen LogP contribution in [0.5, 0.6) is 0 Å². The minimum absolute atomic E-state index is 0.181. The Morgan fingerprint density at radius 2 is 1.67 bits per heavy atom. The summed E-state index contributed by atoms with van der Waals surface area (Å²) in [7, 11) is 0. The first-order valence-corrected chi connectivity index (χ1v) is 9.72. The first-order chi connectivity index (χ1) is 12.6. The Morgan fingerprint density at radius 3 is 2.15 bits per heavy atom. The van der Waals surface area contributed by atoms with E-state index in [1.165, 1.54) is 0 Å². The molecule has 2 unspecified atom stereocenters. The number of primary amides is 1. The van der Waals surface area contributed by atoms with Crippen LogP contribution in [-0.2, 0) is 16.0 Å². The first-order valence-electron chi connectivity index (χ1n) is 9.72. The minimum atomic E-state index is -0.853. The van der Waals surface area contributed by atoms with Crippen molar-refractivity contribution in [1.82, 2.24) is 5.01 Å². The standard InChI is InChI=1S/C21H35N3O3/c1-14(2)12-17(21(27)24(23)19(15(3)4)20(22)26)13-18(25)11-10-16-8-6-5-7-9-16/h5-9,14-15,17-19,25H,10-13,23H2,1-4H3,(H2,22,26)/t17?,18?,19-/m0/s1. The molecule has 0 aliphatic rings. The van der Waals surface area contributed by atoms with Crippen molar-refractivity contribution in [1.29, 1.82) is 0 Å². The molecule has 0 aliphatic heterocycles. The van der Waals surface area contributed by atoms with Gasteiger partial charge in [0.15, 0.2) is 0 Å². The van der Waals surface area contributed by atoms with Gasteiger partial charge in [-0.05, 0) is 43.1 Å². The molecule has 152 valence electrons. The number of aryl methyl sites for hydroxylation is 1. The number of nitrogens with two attached hydrogens (primary N) is 2. The van der Waals surface area contributed by atoms with Gasteiger partial charge in [0.2, 0.25) is 11.8 Å². The molecule has 0 aromatic heterocycles. The maximum Gasteiger partial charge on any atom is 0.242 e. The lowest BCUT2D eigenvalue weighted by Gasteiger charge is -2.32. The molecule has 1 aromatic carbocycles. The topological polar surface area (TPSA) is 110 Å². The second-order valence-electron chi connectivity index (χ2n) is 8.08. The van der Waals surface area contributed by atoms with Gasteiger partial charge >= 0.3 is 0 Å². The highest BCUT2D eigenvalue weighted by molar-refractivity contribution is 5.87. The summed E-state index contributed by atoms with van der Waals surface area (Å²) in [6, 6.07) is 9.07. The quantitative estimate of drug-likeness (QED) is 0.312. The van der Waals surface area contributed by atoms with Crippen molar-refractivity contribution in [2.75, 3.05) is 0 Å². The summed E-state index contributed by atoms with van der Waals surface area (Å²) >= 11 is 0. The van der Waals surface area contributed by atoms with Gasteiger partial charge in [-0.3, -0.25) is 14.6 Å². The second kappa shape index (κ2) is 11.0. The molecule has 0 saturated heterocycles. The van der Waals surface area contributed by atoms with Crippen LogP contribution in [-0.4, -0.2) is 34.1 Å². The van der Waals surface area contributed by atoms with Gasteiger partial charge in [-0.15, -0.1) is 0 Å². The number of amides is 2. The third-order valence-electron chi connectivity index (χ3n) is 4.75. The fourth-order valence-electron chi connectivity index (χ4n) is 3.43. The van der Waals surface area contributed by atoms with E-state index in [2.05, 4.69) is 0 Å². The molecule has 0 radical (unpaired) electrons. The monoisotopic (exact) mass is 377 g/mol. The van der Waals surface area contributed by atoms with Crippen molar-refractivity contribution in [2.45, 2.75) is 65.5 Å². The molecular formula is C21H35N3O3. The molecule has 0 saturated carbocycles. The average molecular weight is 378 g/mol. The Hall–Kier alpha value is -1.92. The predicted octanol–water partition coefficient (Wildman–Crippen LogP) is 2.24.